The van der Waals surface area contributed by atoms with Gasteiger partial charge in [-0.05, 0) is 44.2 Å². The molecule has 1 aromatic carbocycles. The van der Waals surface area contributed by atoms with Crippen molar-refractivity contribution in [2.75, 3.05) is 20.7 Å². The van der Waals surface area contributed by atoms with Gasteiger partial charge in [-0.3, -0.25) is 4.90 Å². The quantitative estimate of drug-likeness (QED) is 0.809. The average Bonchev–Trinajstić information content (AvgIpc) is 2.35. The number of nitriles is 1. The van der Waals surface area contributed by atoms with Crippen LogP contribution in [0.1, 0.15) is 12.5 Å². The second-order valence-electron chi connectivity index (χ2n) is 3.99. The third kappa shape index (κ3) is 3.92. The zero-order chi connectivity index (χ0) is 12.8. The van der Waals surface area contributed by atoms with Crippen LogP contribution in [0.4, 0.5) is 0 Å². The maximum atomic E-state index is 8.81. The van der Waals surface area contributed by atoms with Crippen molar-refractivity contribution < 1.29 is 4.74 Å². The lowest BCUT2D eigenvalue weighted by Crippen LogP contribution is -2.29. The molecule has 0 spiro atoms. The first-order valence-electron chi connectivity index (χ1n) is 5.50. The molecule has 0 aliphatic carbocycles. The van der Waals surface area contributed by atoms with Gasteiger partial charge in [-0.25, -0.2) is 0 Å². The van der Waals surface area contributed by atoms with E-state index >= 15 is 0 Å². The molecule has 4 heteroatoms. The molecule has 0 saturated heterocycles. The van der Waals surface area contributed by atoms with Crippen molar-refractivity contribution in [1.82, 2.24) is 4.90 Å². The van der Waals surface area contributed by atoms with E-state index in [-0.39, 0.29) is 6.04 Å². The summed E-state index contributed by atoms with van der Waals surface area (Å²) in [7, 11) is 3.58. The number of hydrogen-bond donors (Lipinski definition) is 0. The Bertz CT molecular complexity index is 414. The number of halogens is 1. The molecule has 0 aliphatic heterocycles. The van der Waals surface area contributed by atoms with Gasteiger partial charge in [-0.1, -0.05) is 11.6 Å². The van der Waals surface area contributed by atoms with Crippen molar-refractivity contribution in [2.24, 2.45) is 0 Å². The summed E-state index contributed by atoms with van der Waals surface area (Å²) >= 11 is 5.96. The van der Waals surface area contributed by atoms with Crippen molar-refractivity contribution in [2.45, 2.75) is 19.4 Å². The SMILES string of the molecule is COc1ccc(Cl)cc1CCN(C)C(C)C#N. The van der Waals surface area contributed by atoms with Gasteiger partial charge < -0.3 is 4.74 Å². The monoisotopic (exact) mass is 252 g/mol. The molecule has 0 aromatic heterocycles. The summed E-state index contributed by atoms with van der Waals surface area (Å²) in [6.07, 6.45) is 0.812. The molecule has 0 bridgehead atoms. The first-order valence-corrected chi connectivity index (χ1v) is 5.88. The van der Waals surface area contributed by atoms with E-state index in [1.54, 1.807) is 7.11 Å². The van der Waals surface area contributed by atoms with Gasteiger partial charge in [0, 0.05) is 11.6 Å². The van der Waals surface area contributed by atoms with Crippen LogP contribution in [0.25, 0.3) is 0 Å². The van der Waals surface area contributed by atoms with E-state index < -0.39 is 0 Å². The molecule has 0 radical (unpaired) electrons. The lowest BCUT2D eigenvalue weighted by molar-refractivity contribution is 0.304. The Labute approximate surface area is 108 Å². The van der Waals surface area contributed by atoms with Crippen LogP contribution in [0, 0.1) is 11.3 Å². The predicted octanol–water partition coefficient (Wildman–Crippen LogP) is 2.73. The van der Waals surface area contributed by atoms with E-state index in [2.05, 4.69) is 6.07 Å². The molecule has 92 valence electrons. The number of methoxy groups -OCH3 is 1. The highest BCUT2D eigenvalue weighted by Gasteiger charge is 2.09. The molecule has 3 nitrogen and oxygen atoms in total. The Morgan fingerprint density at radius 3 is 2.82 bits per heavy atom. The fourth-order valence-corrected chi connectivity index (χ4v) is 1.73. The maximum absolute atomic E-state index is 8.81. The fraction of sp³-hybridized carbons (Fsp3) is 0.462. The molecule has 17 heavy (non-hydrogen) atoms. The minimum Gasteiger partial charge on any atom is -0.496 e. The van der Waals surface area contributed by atoms with Crippen molar-refractivity contribution in [3.8, 4) is 11.8 Å². The van der Waals surface area contributed by atoms with Crippen LogP contribution in [-0.2, 0) is 6.42 Å². The minimum atomic E-state index is -0.0832. The third-order valence-electron chi connectivity index (χ3n) is 2.82. The third-order valence-corrected chi connectivity index (χ3v) is 3.06. The first-order chi connectivity index (χ1) is 8.08. The first kappa shape index (κ1) is 13.8. The summed E-state index contributed by atoms with van der Waals surface area (Å²) in [6.45, 7) is 2.68. The Morgan fingerprint density at radius 2 is 2.24 bits per heavy atom. The minimum absolute atomic E-state index is 0.0832. The van der Waals surface area contributed by atoms with E-state index in [0.717, 1.165) is 24.3 Å². The number of likely N-dealkylation sites (N-methyl/N-ethyl adjacent to an activating group) is 1. The highest BCUT2D eigenvalue weighted by Crippen LogP contribution is 2.23. The van der Waals surface area contributed by atoms with Gasteiger partial charge in [0.15, 0.2) is 0 Å². The number of benzene rings is 1. The molecule has 0 aliphatic rings. The van der Waals surface area contributed by atoms with Gasteiger partial charge in [0.1, 0.15) is 5.75 Å². The van der Waals surface area contributed by atoms with Gasteiger partial charge in [-0.15, -0.1) is 0 Å². The smallest absolute Gasteiger partial charge is 0.122 e. The molecule has 0 amide bonds. The lowest BCUT2D eigenvalue weighted by Gasteiger charge is -2.19. The number of nitrogens with zero attached hydrogens (tertiary/aromatic N) is 2. The molecule has 0 heterocycles. The van der Waals surface area contributed by atoms with Crippen LogP contribution in [0.3, 0.4) is 0 Å². The van der Waals surface area contributed by atoms with Gasteiger partial charge >= 0.3 is 0 Å². The van der Waals surface area contributed by atoms with Crippen LogP contribution in [0.5, 0.6) is 5.75 Å². The number of hydrogen-bond acceptors (Lipinski definition) is 3. The predicted molar refractivity (Wildman–Crippen MR) is 69.4 cm³/mol. The van der Waals surface area contributed by atoms with E-state index in [0.29, 0.717) is 5.02 Å². The molecular weight excluding hydrogens is 236 g/mol. The van der Waals surface area contributed by atoms with Gasteiger partial charge in [0.25, 0.3) is 0 Å². The maximum Gasteiger partial charge on any atom is 0.122 e. The Kier molecular flexibility index (Phi) is 5.27. The highest BCUT2D eigenvalue weighted by atomic mass is 35.5. The molecule has 1 aromatic rings. The Balaban J connectivity index is 2.69. The van der Waals surface area contributed by atoms with Crippen molar-refractivity contribution >= 4 is 11.6 Å². The zero-order valence-corrected chi connectivity index (χ0v) is 11.2. The Morgan fingerprint density at radius 1 is 1.53 bits per heavy atom. The average molecular weight is 253 g/mol. The number of ether oxygens (including phenoxy) is 1. The highest BCUT2D eigenvalue weighted by molar-refractivity contribution is 6.30. The van der Waals surface area contributed by atoms with Crippen LogP contribution < -0.4 is 4.74 Å². The summed E-state index contributed by atoms with van der Waals surface area (Å²) in [5.41, 5.74) is 1.07. The van der Waals surface area contributed by atoms with E-state index in [1.165, 1.54) is 0 Å². The molecule has 1 atom stereocenters. The van der Waals surface area contributed by atoms with E-state index in [4.69, 9.17) is 21.6 Å². The summed E-state index contributed by atoms with van der Waals surface area (Å²) in [6, 6.07) is 7.71. The molecule has 0 saturated carbocycles. The summed E-state index contributed by atoms with van der Waals surface area (Å²) in [5.74, 6) is 0.840. The van der Waals surface area contributed by atoms with Crippen LogP contribution in [-0.4, -0.2) is 31.6 Å². The van der Waals surface area contributed by atoms with E-state index in [1.807, 2.05) is 37.1 Å². The second kappa shape index (κ2) is 6.48. The topological polar surface area (TPSA) is 36.3 Å². The van der Waals surface area contributed by atoms with Crippen LogP contribution in [0.2, 0.25) is 5.02 Å². The molecule has 0 N–H and O–H groups in total. The normalized spacial score (nSPS) is 12.2. The van der Waals surface area contributed by atoms with Gasteiger partial charge in [0.05, 0.1) is 19.2 Å². The summed E-state index contributed by atoms with van der Waals surface area (Å²) < 4.78 is 5.28. The number of rotatable bonds is 5. The molecule has 1 rings (SSSR count). The standard InChI is InChI=1S/C13H17ClN2O/c1-10(9-15)16(2)7-6-11-8-12(14)4-5-13(11)17-3/h4-5,8,10H,6-7H2,1-3H3. The fourth-order valence-electron chi connectivity index (χ4n) is 1.53. The van der Waals surface area contributed by atoms with Crippen LogP contribution in [0.15, 0.2) is 18.2 Å². The zero-order valence-electron chi connectivity index (χ0n) is 10.4. The molecule has 1 unspecified atom stereocenters. The second-order valence-corrected chi connectivity index (χ2v) is 4.43. The van der Waals surface area contributed by atoms with Crippen molar-refractivity contribution in [3.63, 3.8) is 0 Å². The molecular formula is C13H17ClN2O. The molecule has 0 fully saturated rings. The van der Waals surface area contributed by atoms with Crippen molar-refractivity contribution in [1.29, 1.82) is 5.26 Å². The Hall–Kier alpha value is -1.24. The largest absolute Gasteiger partial charge is 0.496 e. The summed E-state index contributed by atoms with van der Waals surface area (Å²) in [4.78, 5) is 2.00. The van der Waals surface area contributed by atoms with E-state index in [9.17, 15) is 0 Å². The van der Waals surface area contributed by atoms with Crippen LogP contribution >= 0.6 is 11.6 Å². The van der Waals surface area contributed by atoms with Crippen molar-refractivity contribution in [3.05, 3.63) is 28.8 Å². The van der Waals surface area contributed by atoms with Gasteiger partial charge in [-0.2, -0.15) is 5.26 Å². The van der Waals surface area contributed by atoms with Gasteiger partial charge in [0.2, 0.25) is 0 Å². The summed E-state index contributed by atoms with van der Waals surface area (Å²) in [5, 5.41) is 9.52. The lowest BCUT2D eigenvalue weighted by atomic mass is 10.1.